The zero-order chi connectivity index (χ0) is 22.9. The molecule has 0 aliphatic rings. The van der Waals surface area contributed by atoms with Gasteiger partial charge in [-0.3, -0.25) is 0 Å². The van der Waals surface area contributed by atoms with Crippen molar-refractivity contribution in [1.82, 2.24) is 0 Å². The van der Waals surface area contributed by atoms with Gasteiger partial charge in [0.05, 0.1) is 19.9 Å². The van der Waals surface area contributed by atoms with Crippen LogP contribution in [0.4, 0.5) is 11.4 Å². The molecule has 4 aromatic rings. The molecule has 0 saturated carbocycles. The van der Waals surface area contributed by atoms with E-state index in [4.69, 9.17) is 14.2 Å². The lowest BCUT2D eigenvalue weighted by Gasteiger charge is -2.14. The first-order valence-electron chi connectivity index (χ1n) is 10.8. The molecule has 33 heavy (non-hydrogen) atoms. The molecule has 0 fully saturated rings. The molecule has 0 bridgehead atoms. The maximum absolute atomic E-state index is 6.15. The molecular formula is C28H28N2O3. The number of nitrogens with one attached hydrogen (secondary N) is 2. The molecule has 5 heteroatoms. The molecule has 0 aromatic heterocycles. The van der Waals surface area contributed by atoms with E-state index in [1.807, 2.05) is 84.9 Å². The van der Waals surface area contributed by atoms with Crippen molar-refractivity contribution in [3.8, 4) is 23.0 Å². The van der Waals surface area contributed by atoms with Gasteiger partial charge in [-0.25, -0.2) is 0 Å². The monoisotopic (exact) mass is 440 g/mol. The van der Waals surface area contributed by atoms with Crippen molar-refractivity contribution >= 4 is 11.4 Å². The molecule has 0 amide bonds. The van der Waals surface area contributed by atoms with E-state index in [1.165, 1.54) is 5.56 Å². The van der Waals surface area contributed by atoms with E-state index in [-0.39, 0.29) is 0 Å². The molecule has 0 radical (unpaired) electrons. The lowest BCUT2D eigenvalue weighted by Crippen LogP contribution is -2.01. The molecule has 5 nitrogen and oxygen atoms in total. The highest BCUT2D eigenvalue weighted by molar-refractivity contribution is 5.58. The topological polar surface area (TPSA) is 51.8 Å². The second-order valence-electron chi connectivity index (χ2n) is 7.53. The highest BCUT2D eigenvalue weighted by Gasteiger charge is 2.05. The van der Waals surface area contributed by atoms with Crippen molar-refractivity contribution in [2.75, 3.05) is 24.9 Å². The summed E-state index contributed by atoms with van der Waals surface area (Å²) in [7, 11) is 3.34. The average molecular weight is 441 g/mol. The molecule has 0 spiro atoms. The van der Waals surface area contributed by atoms with Crippen LogP contribution in [0.2, 0.25) is 0 Å². The maximum Gasteiger partial charge on any atom is 0.150 e. The van der Waals surface area contributed by atoms with Crippen LogP contribution in [-0.4, -0.2) is 14.2 Å². The Bertz CT molecular complexity index is 1140. The summed E-state index contributed by atoms with van der Waals surface area (Å²) < 4.78 is 16.6. The fraction of sp³-hybridized carbons (Fsp3) is 0.143. The van der Waals surface area contributed by atoms with Crippen LogP contribution >= 0.6 is 0 Å². The Balaban J connectivity index is 1.34. The fourth-order valence-corrected chi connectivity index (χ4v) is 3.36. The molecule has 0 saturated heterocycles. The molecule has 0 aliphatic carbocycles. The first-order valence-corrected chi connectivity index (χ1v) is 10.8. The summed E-state index contributed by atoms with van der Waals surface area (Å²) in [5.41, 5.74) is 4.32. The minimum absolute atomic E-state index is 0.693. The Hall–Kier alpha value is -4.12. The van der Waals surface area contributed by atoms with Crippen molar-refractivity contribution in [2.45, 2.75) is 13.1 Å². The number of hydrogen-bond donors (Lipinski definition) is 2. The van der Waals surface area contributed by atoms with Gasteiger partial charge in [0, 0.05) is 18.8 Å². The summed E-state index contributed by atoms with van der Waals surface area (Å²) in [5, 5.41) is 6.89. The van der Waals surface area contributed by atoms with E-state index in [0.717, 1.165) is 46.5 Å². The van der Waals surface area contributed by atoms with Crippen LogP contribution in [0.25, 0.3) is 0 Å². The number of ether oxygens (including phenoxy) is 3. The Morgan fingerprint density at radius 1 is 0.545 bits per heavy atom. The van der Waals surface area contributed by atoms with Crippen LogP contribution in [0.15, 0.2) is 97.1 Å². The molecule has 0 unspecified atom stereocenters. The predicted octanol–water partition coefficient (Wildman–Crippen LogP) is 6.72. The number of benzene rings is 4. The third-order valence-corrected chi connectivity index (χ3v) is 5.27. The van der Waals surface area contributed by atoms with Gasteiger partial charge in [0.15, 0.2) is 5.75 Å². The Morgan fingerprint density at radius 2 is 1.06 bits per heavy atom. The SMILES string of the molecule is COc1ccc(CNc2ccc(Oc3ccccc3NCc3ccc(OC)cc3)cc2)cc1. The number of anilines is 2. The lowest BCUT2D eigenvalue weighted by atomic mass is 10.2. The summed E-state index contributed by atoms with van der Waals surface area (Å²) in [5.74, 6) is 3.28. The van der Waals surface area contributed by atoms with E-state index >= 15 is 0 Å². The van der Waals surface area contributed by atoms with Crippen LogP contribution in [0, 0.1) is 0 Å². The second kappa shape index (κ2) is 11.0. The van der Waals surface area contributed by atoms with Gasteiger partial charge in [0.1, 0.15) is 17.2 Å². The average Bonchev–Trinajstić information content (AvgIpc) is 2.88. The quantitative estimate of drug-likeness (QED) is 0.287. The summed E-state index contributed by atoms with van der Waals surface area (Å²) in [6.45, 7) is 1.43. The minimum Gasteiger partial charge on any atom is -0.497 e. The van der Waals surface area contributed by atoms with Gasteiger partial charge < -0.3 is 24.8 Å². The maximum atomic E-state index is 6.15. The molecule has 168 valence electrons. The van der Waals surface area contributed by atoms with Crippen molar-refractivity contribution in [2.24, 2.45) is 0 Å². The van der Waals surface area contributed by atoms with Crippen LogP contribution < -0.4 is 24.8 Å². The van der Waals surface area contributed by atoms with Crippen molar-refractivity contribution in [3.05, 3.63) is 108 Å². The third-order valence-electron chi connectivity index (χ3n) is 5.27. The van der Waals surface area contributed by atoms with E-state index in [1.54, 1.807) is 14.2 Å². The van der Waals surface area contributed by atoms with Gasteiger partial charge in [-0.15, -0.1) is 0 Å². The van der Waals surface area contributed by atoms with Crippen molar-refractivity contribution in [1.29, 1.82) is 0 Å². The standard InChI is InChI=1S/C28H28N2O3/c1-31-24-13-7-21(8-14-24)19-29-23-11-17-26(18-12-23)33-28-6-4-3-5-27(28)30-20-22-9-15-25(32-2)16-10-22/h3-18,29-30H,19-20H2,1-2H3. The summed E-state index contributed by atoms with van der Waals surface area (Å²) in [6, 6.07) is 32.0. The molecule has 0 atom stereocenters. The highest BCUT2D eigenvalue weighted by atomic mass is 16.5. The molecular weight excluding hydrogens is 412 g/mol. The Kier molecular flexibility index (Phi) is 7.33. The van der Waals surface area contributed by atoms with E-state index in [0.29, 0.717) is 6.54 Å². The minimum atomic E-state index is 0.693. The van der Waals surface area contributed by atoms with Gasteiger partial charge in [-0.05, 0) is 71.8 Å². The summed E-state index contributed by atoms with van der Waals surface area (Å²) in [6.07, 6.45) is 0. The highest BCUT2D eigenvalue weighted by Crippen LogP contribution is 2.30. The Morgan fingerprint density at radius 3 is 1.64 bits per heavy atom. The number of para-hydroxylation sites is 2. The fourth-order valence-electron chi connectivity index (χ4n) is 3.36. The van der Waals surface area contributed by atoms with Crippen LogP contribution in [0.3, 0.4) is 0 Å². The van der Waals surface area contributed by atoms with E-state index in [2.05, 4.69) is 22.8 Å². The summed E-state index contributed by atoms with van der Waals surface area (Å²) >= 11 is 0. The largest absolute Gasteiger partial charge is 0.497 e. The van der Waals surface area contributed by atoms with Gasteiger partial charge >= 0.3 is 0 Å². The zero-order valence-corrected chi connectivity index (χ0v) is 18.9. The smallest absolute Gasteiger partial charge is 0.150 e. The lowest BCUT2D eigenvalue weighted by molar-refractivity contribution is 0.414. The second-order valence-corrected chi connectivity index (χ2v) is 7.53. The van der Waals surface area contributed by atoms with Gasteiger partial charge in [-0.1, -0.05) is 36.4 Å². The van der Waals surface area contributed by atoms with Crippen LogP contribution in [0.1, 0.15) is 11.1 Å². The summed E-state index contributed by atoms with van der Waals surface area (Å²) in [4.78, 5) is 0. The molecule has 2 N–H and O–H groups in total. The number of rotatable bonds is 10. The molecule has 4 aromatic carbocycles. The zero-order valence-electron chi connectivity index (χ0n) is 18.9. The van der Waals surface area contributed by atoms with Crippen LogP contribution in [-0.2, 0) is 13.1 Å². The normalized spacial score (nSPS) is 10.4. The third kappa shape index (κ3) is 6.20. The molecule has 4 rings (SSSR count). The number of methoxy groups -OCH3 is 2. The predicted molar refractivity (Wildman–Crippen MR) is 134 cm³/mol. The van der Waals surface area contributed by atoms with Gasteiger partial charge in [0.25, 0.3) is 0 Å². The van der Waals surface area contributed by atoms with Crippen LogP contribution in [0.5, 0.6) is 23.0 Å². The molecule has 0 aliphatic heterocycles. The van der Waals surface area contributed by atoms with Crippen molar-refractivity contribution < 1.29 is 14.2 Å². The van der Waals surface area contributed by atoms with E-state index < -0.39 is 0 Å². The Labute approximate surface area is 195 Å². The van der Waals surface area contributed by atoms with E-state index in [9.17, 15) is 0 Å². The number of hydrogen-bond acceptors (Lipinski definition) is 5. The van der Waals surface area contributed by atoms with Gasteiger partial charge in [0.2, 0.25) is 0 Å². The first kappa shape index (κ1) is 22.1. The first-order chi connectivity index (χ1) is 16.2. The van der Waals surface area contributed by atoms with Gasteiger partial charge in [-0.2, -0.15) is 0 Å². The van der Waals surface area contributed by atoms with Crippen molar-refractivity contribution in [3.63, 3.8) is 0 Å². The molecule has 0 heterocycles.